The van der Waals surface area contributed by atoms with Crippen molar-refractivity contribution in [2.45, 2.75) is 0 Å². The molecule has 0 atom stereocenters. The third-order valence-corrected chi connectivity index (χ3v) is 3.90. The van der Waals surface area contributed by atoms with Crippen LogP contribution in [-0.2, 0) is 7.05 Å². The van der Waals surface area contributed by atoms with Crippen molar-refractivity contribution in [1.29, 1.82) is 0 Å². The van der Waals surface area contributed by atoms with Crippen LogP contribution in [0.2, 0.25) is 5.02 Å². The molecule has 0 unspecified atom stereocenters. The van der Waals surface area contributed by atoms with Crippen molar-refractivity contribution < 1.29 is 9.59 Å². The molecule has 0 saturated heterocycles. The van der Waals surface area contributed by atoms with Gasteiger partial charge in [0.1, 0.15) is 5.69 Å². The molecule has 2 amide bonds. The number of rotatable bonds is 3. The number of nitrogens with one attached hydrogen (secondary N) is 1. The van der Waals surface area contributed by atoms with Gasteiger partial charge >= 0.3 is 0 Å². The van der Waals surface area contributed by atoms with Gasteiger partial charge in [0.05, 0.1) is 0 Å². The number of fused-ring (bicyclic) bond motifs is 1. The maximum atomic E-state index is 12.5. The molecule has 5 nitrogen and oxygen atoms in total. The van der Waals surface area contributed by atoms with Gasteiger partial charge in [-0.3, -0.25) is 9.59 Å². The summed E-state index contributed by atoms with van der Waals surface area (Å²) in [6, 6.07) is 13.7. The van der Waals surface area contributed by atoms with Crippen molar-refractivity contribution in [1.82, 2.24) is 4.57 Å². The fraction of sp³-hybridized carbons (Fsp3) is 0.0588. The summed E-state index contributed by atoms with van der Waals surface area (Å²) < 4.78 is 1.79. The molecule has 116 valence electrons. The molecule has 3 rings (SSSR count). The summed E-state index contributed by atoms with van der Waals surface area (Å²) in [6.45, 7) is 0. The fourth-order valence-electron chi connectivity index (χ4n) is 2.43. The lowest BCUT2D eigenvalue weighted by atomic mass is 10.2. The molecule has 0 radical (unpaired) electrons. The van der Waals surface area contributed by atoms with Crippen LogP contribution in [0.15, 0.2) is 48.5 Å². The van der Waals surface area contributed by atoms with Crippen LogP contribution in [-0.4, -0.2) is 16.4 Å². The largest absolute Gasteiger partial charge is 0.366 e. The maximum absolute atomic E-state index is 12.5. The Kier molecular flexibility index (Phi) is 3.80. The number of anilines is 1. The molecule has 0 aliphatic rings. The minimum absolute atomic E-state index is 0.244. The van der Waals surface area contributed by atoms with E-state index in [1.165, 1.54) is 0 Å². The van der Waals surface area contributed by atoms with Gasteiger partial charge < -0.3 is 15.6 Å². The molecule has 0 aliphatic carbocycles. The number of amides is 2. The quantitative estimate of drug-likeness (QED) is 0.775. The molecule has 3 aromatic rings. The van der Waals surface area contributed by atoms with Gasteiger partial charge in [0, 0.05) is 34.2 Å². The van der Waals surface area contributed by atoms with Crippen molar-refractivity contribution >= 4 is 40.0 Å². The lowest BCUT2D eigenvalue weighted by molar-refractivity contribution is 0.0997. The number of carbonyl (C=O) groups is 2. The van der Waals surface area contributed by atoms with Crippen molar-refractivity contribution in [2.75, 3.05) is 5.32 Å². The third-order valence-electron chi connectivity index (χ3n) is 3.67. The van der Waals surface area contributed by atoms with E-state index in [1.54, 1.807) is 41.0 Å². The Balaban J connectivity index is 1.88. The van der Waals surface area contributed by atoms with Gasteiger partial charge in [-0.15, -0.1) is 0 Å². The van der Waals surface area contributed by atoms with E-state index < -0.39 is 5.91 Å². The van der Waals surface area contributed by atoms with Gasteiger partial charge in [-0.2, -0.15) is 0 Å². The zero-order valence-electron chi connectivity index (χ0n) is 12.3. The lowest BCUT2D eigenvalue weighted by Crippen LogP contribution is -2.16. The van der Waals surface area contributed by atoms with Crippen molar-refractivity contribution in [3.63, 3.8) is 0 Å². The van der Waals surface area contributed by atoms with Crippen LogP contribution in [0, 0.1) is 0 Å². The Labute approximate surface area is 137 Å². The Bertz CT molecular complexity index is 913. The van der Waals surface area contributed by atoms with E-state index in [9.17, 15) is 9.59 Å². The van der Waals surface area contributed by atoms with Crippen molar-refractivity contribution in [2.24, 2.45) is 12.8 Å². The van der Waals surface area contributed by atoms with Crippen LogP contribution in [0.25, 0.3) is 10.9 Å². The van der Waals surface area contributed by atoms with E-state index in [0.717, 1.165) is 10.9 Å². The average Bonchev–Trinajstić information content (AvgIpc) is 2.85. The maximum Gasteiger partial charge on any atom is 0.272 e. The molecule has 0 saturated carbocycles. The number of benzene rings is 2. The van der Waals surface area contributed by atoms with Gasteiger partial charge in [0.2, 0.25) is 5.91 Å². The van der Waals surface area contributed by atoms with Crippen LogP contribution in [0.5, 0.6) is 0 Å². The Morgan fingerprint density at radius 2 is 1.78 bits per heavy atom. The number of aromatic nitrogens is 1. The molecule has 2 aromatic carbocycles. The minimum atomic E-state index is -0.506. The topological polar surface area (TPSA) is 77.1 Å². The van der Waals surface area contributed by atoms with Crippen molar-refractivity contribution in [3.05, 3.63) is 64.8 Å². The van der Waals surface area contributed by atoms with E-state index in [1.807, 2.05) is 19.2 Å². The smallest absolute Gasteiger partial charge is 0.272 e. The van der Waals surface area contributed by atoms with E-state index in [-0.39, 0.29) is 5.91 Å². The molecule has 23 heavy (non-hydrogen) atoms. The van der Waals surface area contributed by atoms with Crippen LogP contribution < -0.4 is 11.1 Å². The van der Waals surface area contributed by atoms with Gasteiger partial charge in [-0.25, -0.2) is 0 Å². The van der Waals surface area contributed by atoms with E-state index >= 15 is 0 Å². The molecule has 0 bridgehead atoms. The standard InChI is InChI=1S/C17H14ClN3O2/c1-21-14-9-12(18)5-2-11(14)8-15(21)17(23)20-13-6-3-10(4-7-13)16(19)22/h2-9H,1H3,(H2,19,22)(H,20,23). The molecule has 0 aliphatic heterocycles. The Hall–Kier alpha value is -2.79. The van der Waals surface area contributed by atoms with Gasteiger partial charge in [0.25, 0.3) is 5.91 Å². The highest BCUT2D eigenvalue weighted by Gasteiger charge is 2.14. The van der Waals surface area contributed by atoms with Gasteiger partial charge in [-0.1, -0.05) is 17.7 Å². The first-order valence-electron chi connectivity index (χ1n) is 6.92. The zero-order valence-corrected chi connectivity index (χ0v) is 13.1. The number of primary amides is 1. The number of nitrogens with two attached hydrogens (primary N) is 1. The SMILES string of the molecule is Cn1c(C(=O)Nc2ccc(C(N)=O)cc2)cc2ccc(Cl)cc21. The number of carbonyl (C=O) groups excluding carboxylic acids is 2. The highest BCUT2D eigenvalue weighted by atomic mass is 35.5. The number of aryl methyl sites for hydroxylation is 1. The summed E-state index contributed by atoms with van der Waals surface area (Å²) in [7, 11) is 1.81. The fourth-order valence-corrected chi connectivity index (χ4v) is 2.60. The molecule has 6 heteroatoms. The predicted molar refractivity (Wildman–Crippen MR) is 90.8 cm³/mol. The molecule has 0 spiro atoms. The molecule has 3 N–H and O–H groups in total. The summed E-state index contributed by atoms with van der Waals surface area (Å²) in [5.41, 5.74) is 7.56. The average molecular weight is 328 g/mol. The first kappa shape index (κ1) is 15.1. The number of nitrogens with zero attached hydrogens (tertiary/aromatic N) is 1. The zero-order chi connectivity index (χ0) is 16.6. The summed E-state index contributed by atoms with van der Waals surface area (Å²) in [4.78, 5) is 23.5. The number of hydrogen-bond donors (Lipinski definition) is 2. The Morgan fingerprint density at radius 1 is 1.09 bits per heavy atom. The van der Waals surface area contributed by atoms with Crippen molar-refractivity contribution in [3.8, 4) is 0 Å². The second kappa shape index (κ2) is 5.78. The normalized spacial score (nSPS) is 10.7. The van der Waals surface area contributed by atoms with Crippen LogP contribution in [0.1, 0.15) is 20.8 Å². The second-order valence-electron chi connectivity index (χ2n) is 5.19. The number of halogens is 1. The Morgan fingerprint density at radius 3 is 2.43 bits per heavy atom. The molecule has 1 aromatic heterocycles. The monoisotopic (exact) mass is 327 g/mol. The number of hydrogen-bond acceptors (Lipinski definition) is 2. The lowest BCUT2D eigenvalue weighted by Gasteiger charge is -2.07. The van der Waals surface area contributed by atoms with E-state index in [2.05, 4.69) is 5.32 Å². The first-order valence-corrected chi connectivity index (χ1v) is 7.30. The van der Waals surface area contributed by atoms with E-state index in [4.69, 9.17) is 17.3 Å². The predicted octanol–water partition coefficient (Wildman–Crippen LogP) is 3.18. The minimum Gasteiger partial charge on any atom is -0.366 e. The summed E-state index contributed by atoms with van der Waals surface area (Å²) in [5.74, 6) is -0.750. The summed E-state index contributed by atoms with van der Waals surface area (Å²) >= 11 is 6.00. The van der Waals surface area contributed by atoms with E-state index in [0.29, 0.717) is 22.0 Å². The first-order chi connectivity index (χ1) is 11.0. The summed E-state index contributed by atoms with van der Waals surface area (Å²) in [6.07, 6.45) is 0. The van der Waals surface area contributed by atoms with Gasteiger partial charge in [0.15, 0.2) is 0 Å². The van der Waals surface area contributed by atoms with Crippen LogP contribution in [0.3, 0.4) is 0 Å². The molecule has 0 fully saturated rings. The van der Waals surface area contributed by atoms with Crippen LogP contribution >= 0.6 is 11.6 Å². The highest BCUT2D eigenvalue weighted by Crippen LogP contribution is 2.23. The van der Waals surface area contributed by atoms with Crippen LogP contribution in [0.4, 0.5) is 5.69 Å². The highest BCUT2D eigenvalue weighted by molar-refractivity contribution is 6.31. The van der Waals surface area contributed by atoms with Gasteiger partial charge in [-0.05, 0) is 42.5 Å². The second-order valence-corrected chi connectivity index (χ2v) is 5.62. The molecule has 1 heterocycles. The molecular formula is C17H14ClN3O2. The third kappa shape index (κ3) is 2.91. The summed E-state index contributed by atoms with van der Waals surface area (Å²) in [5, 5.41) is 4.35. The molecular weight excluding hydrogens is 314 g/mol.